The molecule has 1 unspecified atom stereocenters. The molecule has 0 aliphatic heterocycles. The molecule has 104 valence electrons. The van der Waals surface area contributed by atoms with Crippen molar-refractivity contribution in [3.05, 3.63) is 64.1 Å². The second-order valence-corrected chi connectivity index (χ2v) is 5.32. The van der Waals surface area contributed by atoms with E-state index in [1.54, 1.807) is 31.6 Å². The zero-order valence-electron chi connectivity index (χ0n) is 11.2. The van der Waals surface area contributed by atoms with Crippen molar-refractivity contribution in [3.63, 3.8) is 0 Å². The lowest BCUT2D eigenvalue weighted by Crippen LogP contribution is -2.30. The first kappa shape index (κ1) is 14.7. The van der Waals surface area contributed by atoms with Gasteiger partial charge in [0.05, 0.1) is 11.6 Å². The van der Waals surface area contributed by atoms with E-state index in [9.17, 15) is 9.18 Å². The van der Waals surface area contributed by atoms with Crippen LogP contribution >= 0.6 is 15.9 Å². The zero-order valence-corrected chi connectivity index (χ0v) is 12.8. The Hall–Kier alpha value is -1.75. The van der Waals surface area contributed by atoms with Crippen molar-refractivity contribution in [2.24, 2.45) is 0 Å². The van der Waals surface area contributed by atoms with Gasteiger partial charge in [-0.1, -0.05) is 6.07 Å². The minimum absolute atomic E-state index is 0.0518. The first-order valence-corrected chi connectivity index (χ1v) is 6.92. The van der Waals surface area contributed by atoms with E-state index in [0.717, 1.165) is 5.56 Å². The Kier molecular flexibility index (Phi) is 4.49. The molecule has 0 N–H and O–H groups in total. The average Bonchev–Trinajstić information content (AvgIpc) is 2.46. The van der Waals surface area contributed by atoms with Crippen LogP contribution in [0.3, 0.4) is 0 Å². The van der Waals surface area contributed by atoms with E-state index in [0.29, 0.717) is 4.47 Å². The molecule has 0 fully saturated rings. The van der Waals surface area contributed by atoms with E-state index in [1.807, 2.05) is 19.1 Å². The number of carbonyl (C=O) groups excluding carboxylic acids is 1. The number of carbonyl (C=O) groups is 1. The Labute approximate surface area is 125 Å². The highest BCUT2D eigenvalue weighted by atomic mass is 79.9. The topological polar surface area (TPSA) is 33.2 Å². The largest absolute Gasteiger partial charge is 0.335 e. The molecule has 0 aliphatic rings. The number of aromatic nitrogens is 1. The molecule has 1 aromatic carbocycles. The molecular weight excluding hydrogens is 323 g/mol. The van der Waals surface area contributed by atoms with Gasteiger partial charge in [0.2, 0.25) is 0 Å². The van der Waals surface area contributed by atoms with Crippen LogP contribution in [0.2, 0.25) is 0 Å². The molecule has 1 amide bonds. The maximum atomic E-state index is 13.8. The van der Waals surface area contributed by atoms with Crippen molar-refractivity contribution in [2.45, 2.75) is 13.0 Å². The fraction of sp³-hybridized carbons (Fsp3) is 0.200. The number of hydrogen-bond donors (Lipinski definition) is 0. The van der Waals surface area contributed by atoms with E-state index in [2.05, 4.69) is 20.9 Å². The molecule has 1 atom stereocenters. The highest BCUT2D eigenvalue weighted by molar-refractivity contribution is 9.10. The highest BCUT2D eigenvalue weighted by Crippen LogP contribution is 2.25. The monoisotopic (exact) mass is 336 g/mol. The minimum Gasteiger partial charge on any atom is -0.335 e. The fourth-order valence-electron chi connectivity index (χ4n) is 1.92. The van der Waals surface area contributed by atoms with Gasteiger partial charge < -0.3 is 4.90 Å². The van der Waals surface area contributed by atoms with Crippen molar-refractivity contribution in [1.29, 1.82) is 0 Å². The first-order chi connectivity index (χ1) is 9.52. The molecule has 0 spiro atoms. The van der Waals surface area contributed by atoms with Crippen molar-refractivity contribution in [1.82, 2.24) is 9.88 Å². The summed E-state index contributed by atoms with van der Waals surface area (Å²) in [7, 11) is 1.66. The molecule has 0 aliphatic carbocycles. The van der Waals surface area contributed by atoms with Crippen LogP contribution in [0, 0.1) is 5.82 Å². The van der Waals surface area contributed by atoms with Crippen LogP contribution in [-0.2, 0) is 0 Å². The Morgan fingerprint density at radius 3 is 2.55 bits per heavy atom. The number of hydrogen-bond acceptors (Lipinski definition) is 2. The molecule has 0 saturated heterocycles. The lowest BCUT2D eigenvalue weighted by atomic mass is 10.1. The molecule has 2 rings (SSSR count). The number of rotatable bonds is 3. The third-order valence-corrected chi connectivity index (χ3v) is 3.93. The Bertz CT molecular complexity index is 598. The van der Waals surface area contributed by atoms with Gasteiger partial charge in [-0.2, -0.15) is 0 Å². The number of pyridine rings is 1. The van der Waals surface area contributed by atoms with Gasteiger partial charge >= 0.3 is 0 Å². The summed E-state index contributed by atoms with van der Waals surface area (Å²) in [5.41, 5.74) is 0.999. The Morgan fingerprint density at radius 2 is 1.95 bits per heavy atom. The summed E-state index contributed by atoms with van der Waals surface area (Å²) in [6, 6.07) is 8.00. The molecule has 0 radical (unpaired) electrons. The van der Waals surface area contributed by atoms with Gasteiger partial charge in [0, 0.05) is 23.9 Å². The quantitative estimate of drug-likeness (QED) is 0.853. The van der Waals surface area contributed by atoms with Gasteiger partial charge in [-0.05, 0) is 52.7 Å². The lowest BCUT2D eigenvalue weighted by Gasteiger charge is -2.25. The maximum Gasteiger partial charge on any atom is 0.258 e. The molecule has 1 aromatic heterocycles. The van der Waals surface area contributed by atoms with Gasteiger partial charge in [0.15, 0.2) is 0 Å². The van der Waals surface area contributed by atoms with Crippen LogP contribution in [0.15, 0.2) is 47.2 Å². The lowest BCUT2D eigenvalue weighted by molar-refractivity contribution is 0.0737. The van der Waals surface area contributed by atoms with Crippen LogP contribution < -0.4 is 0 Å². The number of nitrogens with zero attached hydrogens (tertiary/aromatic N) is 2. The standard InChI is InChI=1S/C15H14BrFN2O/c1-10(11-6-8-18-9-7-11)19(2)15(20)14-12(16)4-3-5-13(14)17/h3-10H,1-2H3. The highest BCUT2D eigenvalue weighted by Gasteiger charge is 2.23. The third-order valence-electron chi connectivity index (χ3n) is 3.27. The van der Waals surface area contributed by atoms with E-state index in [-0.39, 0.29) is 17.5 Å². The molecule has 5 heteroatoms. The van der Waals surface area contributed by atoms with E-state index < -0.39 is 5.82 Å². The molecule has 0 saturated carbocycles. The minimum atomic E-state index is -0.529. The van der Waals surface area contributed by atoms with Crippen molar-refractivity contribution in [2.75, 3.05) is 7.05 Å². The molecule has 1 heterocycles. The van der Waals surface area contributed by atoms with Crippen LogP contribution in [0.5, 0.6) is 0 Å². The van der Waals surface area contributed by atoms with Gasteiger partial charge in [0.1, 0.15) is 5.82 Å². The Morgan fingerprint density at radius 1 is 1.30 bits per heavy atom. The summed E-state index contributed by atoms with van der Waals surface area (Å²) in [5, 5.41) is 0. The second-order valence-electron chi connectivity index (χ2n) is 4.47. The van der Waals surface area contributed by atoms with Gasteiger partial charge in [-0.25, -0.2) is 4.39 Å². The Balaban J connectivity index is 2.29. The molecule has 3 nitrogen and oxygen atoms in total. The van der Waals surface area contributed by atoms with Crippen molar-refractivity contribution < 1.29 is 9.18 Å². The van der Waals surface area contributed by atoms with E-state index in [4.69, 9.17) is 0 Å². The summed E-state index contributed by atoms with van der Waals surface area (Å²) >= 11 is 3.22. The van der Waals surface area contributed by atoms with Crippen LogP contribution in [0.4, 0.5) is 4.39 Å². The van der Waals surface area contributed by atoms with Crippen LogP contribution in [0.1, 0.15) is 28.9 Å². The SMILES string of the molecule is CC(c1ccncc1)N(C)C(=O)c1c(F)cccc1Br. The maximum absolute atomic E-state index is 13.8. The second kappa shape index (κ2) is 6.13. The fourth-order valence-corrected chi connectivity index (χ4v) is 2.43. The molecule has 0 bridgehead atoms. The summed E-state index contributed by atoms with van der Waals surface area (Å²) in [4.78, 5) is 17.9. The van der Waals surface area contributed by atoms with Gasteiger partial charge in [-0.15, -0.1) is 0 Å². The summed E-state index contributed by atoms with van der Waals surface area (Å²) in [6.07, 6.45) is 3.34. The summed E-state index contributed by atoms with van der Waals surface area (Å²) in [6.45, 7) is 1.89. The summed E-state index contributed by atoms with van der Waals surface area (Å²) < 4.78 is 14.3. The average molecular weight is 337 g/mol. The van der Waals surface area contributed by atoms with E-state index in [1.165, 1.54) is 11.0 Å². The van der Waals surface area contributed by atoms with Crippen molar-refractivity contribution in [3.8, 4) is 0 Å². The zero-order chi connectivity index (χ0) is 14.7. The summed E-state index contributed by atoms with van der Waals surface area (Å²) in [5.74, 6) is -0.891. The van der Waals surface area contributed by atoms with Crippen LogP contribution in [0.25, 0.3) is 0 Å². The molecule has 20 heavy (non-hydrogen) atoms. The molecule has 2 aromatic rings. The molecular formula is C15H14BrFN2O. The van der Waals surface area contributed by atoms with Gasteiger partial charge in [0.25, 0.3) is 5.91 Å². The number of benzene rings is 1. The predicted octanol–water partition coefficient (Wildman–Crippen LogP) is 3.82. The normalized spacial score (nSPS) is 12.0. The van der Waals surface area contributed by atoms with Crippen LogP contribution in [-0.4, -0.2) is 22.8 Å². The third kappa shape index (κ3) is 2.88. The number of amides is 1. The van der Waals surface area contributed by atoms with E-state index >= 15 is 0 Å². The predicted molar refractivity (Wildman–Crippen MR) is 78.8 cm³/mol. The smallest absolute Gasteiger partial charge is 0.258 e. The first-order valence-electron chi connectivity index (χ1n) is 6.13. The number of halogens is 2. The van der Waals surface area contributed by atoms with Crippen molar-refractivity contribution >= 4 is 21.8 Å². The van der Waals surface area contributed by atoms with Gasteiger partial charge in [-0.3, -0.25) is 9.78 Å².